The maximum atomic E-state index is 11.8. The number of amides is 1. The first-order valence-electron chi connectivity index (χ1n) is 7.69. The van der Waals surface area contributed by atoms with Crippen molar-refractivity contribution in [3.8, 4) is 0 Å². The van der Waals surface area contributed by atoms with Crippen LogP contribution in [0.3, 0.4) is 0 Å². The molecule has 23 heavy (non-hydrogen) atoms. The van der Waals surface area contributed by atoms with Crippen molar-refractivity contribution in [2.75, 3.05) is 11.9 Å². The third kappa shape index (κ3) is 4.95. The third-order valence-electron chi connectivity index (χ3n) is 3.22. The predicted molar refractivity (Wildman–Crippen MR) is 91.2 cm³/mol. The highest BCUT2D eigenvalue weighted by Gasteiger charge is 2.07. The van der Waals surface area contributed by atoms with Gasteiger partial charge in [0.05, 0.1) is 12.1 Å². The number of anilines is 1. The molecule has 0 saturated carbocycles. The molecule has 0 bridgehead atoms. The van der Waals surface area contributed by atoms with Gasteiger partial charge in [-0.1, -0.05) is 19.9 Å². The number of hydrogen-bond donors (Lipinski definition) is 2. The molecule has 6 heteroatoms. The second-order valence-corrected chi connectivity index (χ2v) is 5.67. The lowest BCUT2D eigenvalue weighted by Gasteiger charge is -2.11. The van der Waals surface area contributed by atoms with Crippen LogP contribution in [0.25, 0.3) is 0 Å². The van der Waals surface area contributed by atoms with Crippen LogP contribution >= 0.6 is 0 Å². The van der Waals surface area contributed by atoms with E-state index in [0.29, 0.717) is 30.4 Å². The van der Waals surface area contributed by atoms with E-state index < -0.39 is 0 Å². The molecule has 2 aromatic rings. The second-order valence-electron chi connectivity index (χ2n) is 5.67. The minimum atomic E-state index is -0.156. The summed E-state index contributed by atoms with van der Waals surface area (Å²) in [6.07, 6.45) is 6.99. The molecule has 2 N–H and O–H groups in total. The van der Waals surface area contributed by atoms with Gasteiger partial charge in [0, 0.05) is 31.7 Å². The number of carbonyl (C=O) groups excluding carboxylic acids is 1. The van der Waals surface area contributed by atoms with Crippen molar-refractivity contribution in [2.24, 2.45) is 5.92 Å². The summed E-state index contributed by atoms with van der Waals surface area (Å²) >= 11 is 0. The van der Waals surface area contributed by atoms with E-state index in [2.05, 4.69) is 45.6 Å². The molecule has 0 atom stereocenters. The molecule has 0 unspecified atom stereocenters. The van der Waals surface area contributed by atoms with Crippen molar-refractivity contribution < 1.29 is 4.79 Å². The normalized spacial score (nSPS) is 10.6. The molecule has 2 heterocycles. The fraction of sp³-hybridized carbons (Fsp3) is 0.353. The van der Waals surface area contributed by atoms with E-state index >= 15 is 0 Å². The van der Waals surface area contributed by atoms with Gasteiger partial charge in [0.1, 0.15) is 11.6 Å². The van der Waals surface area contributed by atoms with Gasteiger partial charge in [0.2, 0.25) is 0 Å². The SMILES string of the molecule is C=CCNC(=O)c1ccc(NCc2nccn2CC(C)C)nc1. The number of pyridine rings is 1. The van der Waals surface area contributed by atoms with Crippen LogP contribution < -0.4 is 10.6 Å². The molecule has 2 aromatic heterocycles. The first-order valence-corrected chi connectivity index (χ1v) is 7.69. The first-order chi connectivity index (χ1) is 11.1. The lowest BCUT2D eigenvalue weighted by atomic mass is 10.2. The molecule has 0 aromatic carbocycles. The minimum absolute atomic E-state index is 0.156. The number of imidazole rings is 1. The van der Waals surface area contributed by atoms with Crippen molar-refractivity contribution in [1.29, 1.82) is 0 Å². The van der Waals surface area contributed by atoms with Gasteiger partial charge in [0.25, 0.3) is 5.91 Å². The molecule has 0 spiro atoms. The van der Waals surface area contributed by atoms with Crippen LogP contribution in [0, 0.1) is 5.92 Å². The Morgan fingerprint density at radius 1 is 1.39 bits per heavy atom. The molecule has 0 saturated heterocycles. The van der Waals surface area contributed by atoms with Gasteiger partial charge in [0.15, 0.2) is 0 Å². The van der Waals surface area contributed by atoms with Gasteiger partial charge in [-0.2, -0.15) is 0 Å². The largest absolute Gasteiger partial charge is 0.363 e. The van der Waals surface area contributed by atoms with Crippen LogP contribution in [0.1, 0.15) is 30.0 Å². The van der Waals surface area contributed by atoms with Crippen LogP contribution in [0.4, 0.5) is 5.82 Å². The molecule has 0 aliphatic heterocycles. The number of nitrogens with zero attached hydrogens (tertiary/aromatic N) is 3. The molecule has 0 radical (unpaired) electrons. The third-order valence-corrected chi connectivity index (χ3v) is 3.22. The molecule has 1 amide bonds. The molecular formula is C17H23N5O. The van der Waals surface area contributed by atoms with E-state index in [9.17, 15) is 4.79 Å². The molecule has 0 fully saturated rings. The van der Waals surface area contributed by atoms with E-state index in [0.717, 1.165) is 12.4 Å². The molecule has 0 aliphatic carbocycles. The highest BCUT2D eigenvalue weighted by Crippen LogP contribution is 2.09. The number of aromatic nitrogens is 3. The van der Waals surface area contributed by atoms with Crippen molar-refractivity contribution in [3.05, 3.63) is 54.8 Å². The van der Waals surface area contributed by atoms with Crippen molar-refractivity contribution >= 4 is 11.7 Å². The van der Waals surface area contributed by atoms with Crippen LogP contribution in [-0.2, 0) is 13.1 Å². The van der Waals surface area contributed by atoms with Crippen molar-refractivity contribution in [1.82, 2.24) is 19.9 Å². The van der Waals surface area contributed by atoms with Crippen LogP contribution in [0.15, 0.2) is 43.4 Å². The van der Waals surface area contributed by atoms with Crippen LogP contribution in [-0.4, -0.2) is 27.0 Å². The number of rotatable bonds is 8. The van der Waals surface area contributed by atoms with E-state index in [1.807, 2.05) is 6.20 Å². The van der Waals surface area contributed by atoms with E-state index in [1.165, 1.54) is 0 Å². The summed E-state index contributed by atoms with van der Waals surface area (Å²) < 4.78 is 2.13. The standard InChI is InChI=1S/C17H23N5O/c1-4-7-19-17(23)14-5-6-15(20-10-14)21-11-16-18-8-9-22(16)12-13(2)3/h4-6,8-10,13H,1,7,11-12H2,2-3H3,(H,19,23)(H,20,21). The van der Waals surface area contributed by atoms with Crippen LogP contribution in [0.2, 0.25) is 0 Å². The number of carbonyl (C=O) groups is 1. The van der Waals surface area contributed by atoms with Gasteiger partial charge in [-0.3, -0.25) is 4.79 Å². The predicted octanol–water partition coefficient (Wildman–Crippen LogP) is 2.46. The van der Waals surface area contributed by atoms with E-state index in [1.54, 1.807) is 30.6 Å². The molecular weight excluding hydrogens is 290 g/mol. The maximum Gasteiger partial charge on any atom is 0.253 e. The van der Waals surface area contributed by atoms with Gasteiger partial charge in [-0.15, -0.1) is 6.58 Å². The average molecular weight is 313 g/mol. The Labute approximate surface area is 136 Å². The monoisotopic (exact) mass is 313 g/mol. The maximum absolute atomic E-state index is 11.8. The lowest BCUT2D eigenvalue weighted by molar-refractivity contribution is 0.0957. The summed E-state index contributed by atoms with van der Waals surface area (Å²) in [5, 5.41) is 5.95. The Hall–Kier alpha value is -2.63. The highest BCUT2D eigenvalue weighted by atomic mass is 16.1. The fourth-order valence-electron chi connectivity index (χ4n) is 2.14. The van der Waals surface area contributed by atoms with Gasteiger partial charge in [-0.25, -0.2) is 9.97 Å². The molecule has 2 rings (SSSR count). The summed E-state index contributed by atoms with van der Waals surface area (Å²) in [7, 11) is 0. The first kappa shape index (κ1) is 16.7. The zero-order chi connectivity index (χ0) is 16.7. The average Bonchev–Trinajstić information content (AvgIpc) is 2.97. The Morgan fingerprint density at radius 3 is 2.87 bits per heavy atom. The topological polar surface area (TPSA) is 71.8 Å². The molecule has 6 nitrogen and oxygen atoms in total. The van der Waals surface area contributed by atoms with Crippen LogP contribution in [0.5, 0.6) is 0 Å². The van der Waals surface area contributed by atoms with Gasteiger partial charge < -0.3 is 15.2 Å². The fourth-order valence-corrected chi connectivity index (χ4v) is 2.14. The summed E-state index contributed by atoms with van der Waals surface area (Å²) in [5.41, 5.74) is 0.527. The van der Waals surface area contributed by atoms with Crippen molar-refractivity contribution in [2.45, 2.75) is 26.9 Å². The Kier molecular flexibility index (Phi) is 5.91. The molecule has 122 valence electrons. The molecule has 0 aliphatic rings. The Bertz CT molecular complexity index is 645. The van der Waals surface area contributed by atoms with Crippen molar-refractivity contribution in [3.63, 3.8) is 0 Å². The summed E-state index contributed by atoms with van der Waals surface area (Å²) in [5.74, 6) is 2.09. The number of nitrogens with one attached hydrogen (secondary N) is 2. The summed E-state index contributed by atoms with van der Waals surface area (Å²) in [4.78, 5) is 20.4. The summed E-state index contributed by atoms with van der Waals surface area (Å²) in [6, 6.07) is 3.53. The smallest absolute Gasteiger partial charge is 0.253 e. The van der Waals surface area contributed by atoms with Gasteiger partial charge in [-0.05, 0) is 18.1 Å². The Morgan fingerprint density at radius 2 is 2.22 bits per heavy atom. The quantitative estimate of drug-likeness (QED) is 0.734. The lowest BCUT2D eigenvalue weighted by Crippen LogP contribution is -2.23. The minimum Gasteiger partial charge on any atom is -0.363 e. The Balaban J connectivity index is 1.93. The van der Waals surface area contributed by atoms with Gasteiger partial charge >= 0.3 is 0 Å². The van der Waals surface area contributed by atoms with E-state index in [4.69, 9.17) is 0 Å². The number of hydrogen-bond acceptors (Lipinski definition) is 4. The zero-order valence-corrected chi connectivity index (χ0v) is 13.6. The summed E-state index contributed by atoms with van der Waals surface area (Å²) in [6.45, 7) is 9.89. The highest BCUT2D eigenvalue weighted by molar-refractivity contribution is 5.94. The zero-order valence-electron chi connectivity index (χ0n) is 13.6. The van der Waals surface area contributed by atoms with E-state index in [-0.39, 0.29) is 5.91 Å². The second kappa shape index (κ2) is 8.12.